The van der Waals surface area contributed by atoms with E-state index in [2.05, 4.69) is 9.50 Å². The van der Waals surface area contributed by atoms with E-state index >= 15 is 0 Å². The van der Waals surface area contributed by atoms with Crippen LogP contribution in [0.5, 0.6) is 0 Å². The molecule has 2 rings (SSSR count). The Hall–Kier alpha value is -2.43. The summed E-state index contributed by atoms with van der Waals surface area (Å²) < 4.78 is 67.9. The Morgan fingerprint density at radius 3 is 2.25 bits per heavy atom. The zero-order valence-corrected chi connectivity index (χ0v) is 15.9. The van der Waals surface area contributed by atoms with Crippen molar-refractivity contribution < 1.29 is 30.6 Å². The lowest BCUT2D eigenvalue weighted by atomic mass is 9.97. The number of rotatable bonds is 7. The van der Waals surface area contributed by atoms with Gasteiger partial charge in [-0.2, -0.15) is 21.6 Å². The summed E-state index contributed by atoms with van der Waals surface area (Å²) in [5.41, 5.74) is 2.77. The normalized spacial score (nSPS) is 14.5. The van der Waals surface area contributed by atoms with Gasteiger partial charge in [-0.25, -0.2) is 4.18 Å². The summed E-state index contributed by atoms with van der Waals surface area (Å²) in [4.78, 5) is 11.6. The Morgan fingerprint density at radius 1 is 1.14 bits per heavy atom. The molecule has 0 saturated carbocycles. The predicted octanol–water partition coefficient (Wildman–Crippen LogP) is 2.64. The summed E-state index contributed by atoms with van der Waals surface area (Å²) in [5, 5.41) is 2.46. The van der Waals surface area contributed by atoms with Crippen LogP contribution in [-0.2, 0) is 31.8 Å². The SMILES string of the molecule is C[C@@](NCc1ccc(-c2ccccc2)c(C(F)(F)F)c1)(OS(C)(=O)=O)C(N)=O. The smallest absolute Gasteiger partial charge is 0.366 e. The Balaban J connectivity index is 2.36. The van der Waals surface area contributed by atoms with Gasteiger partial charge in [0, 0.05) is 6.54 Å². The maximum absolute atomic E-state index is 13.5. The van der Waals surface area contributed by atoms with Gasteiger partial charge < -0.3 is 5.73 Å². The second kappa shape index (κ2) is 7.90. The summed E-state index contributed by atoms with van der Waals surface area (Å²) in [6.07, 6.45) is -3.89. The fraction of sp³-hybridized carbons (Fsp3) is 0.278. The summed E-state index contributed by atoms with van der Waals surface area (Å²) in [6, 6.07) is 11.8. The van der Waals surface area contributed by atoms with Crippen LogP contribution in [0, 0.1) is 0 Å². The number of primary amides is 1. The zero-order chi connectivity index (χ0) is 21.2. The predicted molar refractivity (Wildman–Crippen MR) is 97.2 cm³/mol. The van der Waals surface area contributed by atoms with Crippen LogP contribution in [0.25, 0.3) is 11.1 Å². The Morgan fingerprint density at radius 2 is 1.75 bits per heavy atom. The molecule has 0 bridgehead atoms. The van der Waals surface area contributed by atoms with Gasteiger partial charge in [0.15, 0.2) is 0 Å². The van der Waals surface area contributed by atoms with Crippen molar-refractivity contribution >= 4 is 16.0 Å². The first kappa shape index (κ1) is 21.9. The third-order valence-electron chi connectivity index (χ3n) is 3.89. The Labute approximate surface area is 160 Å². The quantitative estimate of drug-likeness (QED) is 0.534. The van der Waals surface area contributed by atoms with Crippen LogP contribution in [-0.4, -0.2) is 26.3 Å². The van der Waals surface area contributed by atoms with Gasteiger partial charge in [0.2, 0.25) is 5.72 Å². The van der Waals surface area contributed by atoms with Crippen molar-refractivity contribution in [2.45, 2.75) is 25.4 Å². The molecule has 2 aromatic carbocycles. The van der Waals surface area contributed by atoms with Crippen molar-refractivity contribution in [1.82, 2.24) is 5.32 Å². The second-order valence-electron chi connectivity index (χ2n) is 6.28. The van der Waals surface area contributed by atoms with Gasteiger partial charge in [0.1, 0.15) is 0 Å². The van der Waals surface area contributed by atoms with Crippen LogP contribution in [0.3, 0.4) is 0 Å². The molecule has 0 fully saturated rings. The number of halogens is 3. The molecule has 28 heavy (non-hydrogen) atoms. The van der Waals surface area contributed by atoms with Crippen LogP contribution in [0.15, 0.2) is 48.5 Å². The number of hydrogen-bond donors (Lipinski definition) is 2. The third kappa shape index (κ3) is 5.54. The number of benzene rings is 2. The molecule has 0 radical (unpaired) electrons. The molecule has 0 unspecified atom stereocenters. The fourth-order valence-electron chi connectivity index (χ4n) is 2.54. The average molecular weight is 416 g/mol. The van der Waals surface area contributed by atoms with Crippen molar-refractivity contribution in [3.05, 3.63) is 59.7 Å². The molecule has 0 spiro atoms. The van der Waals surface area contributed by atoms with Gasteiger partial charge in [-0.15, -0.1) is 0 Å². The summed E-state index contributed by atoms with van der Waals surface area (Å²) in [6.45, 7) is 0.798. The number of carbonyl (C=O) groups excluding carboxylic acids is 1. The largest absolute Gasteiger partial charge is 0.417 e. The lowest BCUT2D eigenvalue weighted by Crippen LogP contribution is -2.55. The number of nitrogens with one attached hydrogen (secondary N) is 1. The Kier molecular flexibility index (Phi) is 6.17. The van der Waals surface area contributed by atoms with Crippen molar-refractivity contribution in [3.63, 3.8) is 0 Å². The third-order valence-corrected chi connectivity index (χ3v) is 4.53. The molecule has 0 saturated heterocycles. The molecule has 1 amide bonds. The van der Waals surface area contributed by atoms with Crippen molar-refractivity contribution in [2.75, 3.05) is 6.26 Å². The van der Waals surface area contributed by atoms with Crippen molar-refractivity contribution in [3.8, 4) is 11.1 Å². The molecule has 6 nitrogen and oxygen atoms in total. The van der Waals surface area contributed by atoms with Crippen LogP contribution in [0.4, 0.5) is 13.2 Å². The van der Waals surface area contributed by atoms with E-state index in [1.54, 1.807) is 30.3 Å². The van der Waals surface area contributed by atoms with Crippen molar-refractivity contribution in [2.24, 2.45) is 5.73 Å². The maximum atomic E-state index is 13.5. The van der Waals surface area contributed by atoms with Gasteiger partial charge in [-0.1, -0.05) is 42.5 Å². The Bertz CT molecular complexity index is 963. The van der Waals surface area contributed by atoms with Gasteiger partial charge in [0.25, 0.3) is 16.0 Å². The molecule has 0 aliphatic carbocycles. The molecule has 152 valence electrons. The maximum Gasteiger partial charge on any atom is 0.417 e. The molecular formula is C18H19F3N2O4S. The minimum absolute atomic E-state index is 0.00176. The van der Waals surface area contributed by atoms with E-state index in [1.807, 2.05) is 0 Å². The highest BCUT2D eigenvalue weighted by Crippen LogP contribution is 2.37. The molecular weight excluding hydrogens is 397 g/mol. The van der Waals surface area contributed by atoms with Crippen molar-refractivity contribution in [1.29, 1.82) is 0 Å². The summed E-state index contributed by atoms with van der Waals surface area (Å²) in [5.74, 6) is -1.13. The van der Waals surface area contributed by atoms with Crippen LogP contribution in [0.2, 0.25) is 0 Å². The van der Waals surface area contributed by atoms with E-state index in [4.69, 9.17) is 5.73 Å². The fourth-order valence-corrected chi connectivity index (χ4v) is 3.28. The van der Waals surface area contributed by atoms with E-state index in [0.717, 1.165) is 19.2 Å². The van der Waals surface area contributed by atoms with Gasteiger partial charge in [0.05, 0.1) is 11.8 Å². The number of alkyl halides is 3. The first-order valence-corrected chi connectivity index (χ1v) is 9.84. The molecule has 10 heteroatoms. The zero-order valence-electron chi connectivity index (χ0n) is 15.1. The van der Waals surface area contributed by atoms with E-state index in [9.17, 15) is 26.4 Å². The van der Waals surface area contributed by atoms with Crippen LogP contribution < -0.4 is 11.1 Å². The van der Waals surface area contributed by atoms with E-state index in [1.165, 1.54) is 12.1 Å². The minimum Gasteiger partial charge on any atom is -0.366 e. The highest BCUT2D eigenvalue weighted by Gasteiger charge is 2.37. The van der Waals surface area contributed by atoms with E-state index < -0.39 is 33.5 Å². The van der Waals surface area contributed by atoms with Gasteiger partial charge in [-0.05, 0) is 29.7 Å². The minimum atomic E-state index is -4.61. The number of hydrogen-bond acceptors (Lipinski definition) is 5. The van der Waals surface area contributed by atoms with E-state index in [0.29, 0.717) is 5.56 Å². The molecule has 0 aromatic heterocycles. The number of carbonyl (C=O) groups is 1. The van der Waals surface area contributed by atoms with Gasteiger partial charge in [-0.3, -0.25) is 10.1 Å². The molecule has 2 aromatic rings. The lowest BCUT2D eigenvalue weighted by Gasteiger charge is -2.26. The molecule has 0 aliphatic rings. The lowest BCUT2D eigenvalue weighted by molar-refractivity contribution is -0.137. The summed E-state index contributed by atoms with van der Waals surface area (Å²) >= 11 is 0. The van der Waals surface area contributed by atoms with Gasteiger partial charge >= 0.3 is 6.18 Å². The first-order chi connectivity index (χ1) is 12.8. The second-order valence-corrected chi connectivity index (χ2v) is 7.86. The molecule has 1 atom stereocenters. The molecule has 0 heterocycles. The standard InChI is InChI=1S/C18H19F3N2O4S/c1-17(16(22)24,27-28(2,25)26)23-11-12-8-9-14(13-6-4-3-5-7-13)15(10-12)18(19,20)21/h3-10,23H,11H2,1-2H3,(H2,22,24)/t17-/m1/s1. The van der Waals surface area contributed by atoms with Crippen LogP contribution in [0.1, 0.15) is 18.1 Å². The topological polar surface area (TPSA) is 98.5 Å². The monoisotopic (exact) mass is 416 g/mol. The average Bonchev–Trinajstić information content (AvgIpc) is 2.58. The first-order valence-electron chi connectivity index (χ1n) is 8.03. The van der Waals surface area contributed by atoms with Crippen LogP contribution >= 0.6 is 0 Å². The van der Waals surface area contributed by atoms with E-state index in [-0.39, 0.29) is 17.7 Å². The highest BCUT2D eigenvalue weighted by molar-refractivity contribution is 7.86. The molecule has 0 aliphatic heterocycles. The highest BCUT2D eigenvalue weighted by atomic mass is 32.2. The molecule has 3 N–H and O–H groups in total. The number of nitrogens with two attached hydrogens (primary N) is 1. The number of amides is 1. The summed E-state index contributed by atoms with van der Waals surface area (Å²) in [7, 11) is -4.05.